The zero-order valence-corrected chi connectivity index (χ0v) is 21.7. The van der Waals surface area contributed by atoms with E-state index in [9.17, 15) is 56.0 Å². The normalized spacial score (nSPS) is 14.3. The van der Waals surface area contributed by atoms with Crippen LogP contribution in [0.1, 0.15) is 24.1 Å². The van der Waals surface area contributed by atoms with Crippen molar-refractivity contribution in [1.29, 1.82) is 0 Å². The molecule has 0 spiro atoms. The van der Waals surface area contributed by atoms with Gasteiger partial charge in [-0.1, -0.05) is 24.3 Å². The molecule has 0 aliphatic rings. The Balaban J connectivity index is 2.13. The largest absolute Gasteiger partial charge is 0.511 e. The number of benzene rings is 3. The Kier molecular flexibility index (Phi) is 7.97. The summed E-state index contributed by atoms with van der Waals surface area (Å²) in [6.07, 6.45) is -5.09. The number of hydrogen-bond acceptors (Lipinski definition) is 6. The standard InChI is InChI=1S/C22H16F7NO6S3/c1-13(30-39(35,36)22(27,28)29)14-6-9-16(10-7-14)37(31,32)19-11-8-15(21(24,25)26)12-20(19)38(33,34)18-5-3-2-4-17(18)23/h2-13,30H,1H3. The fourth-order valence-electron chi connectivity index (χ4n) is 3.33. The van der Waals surface area contributed by atoms with E-state index in [1.807, 2.05) is 0 Å². The summed E-state index contributed by atoms with van der Waals surface area (Å²) in [7, 11) is -15.8. The molecule has 0 aliphatic heterocycles. The molecule has 0 fully saturated rings. The zero-order valence-electron chi connectivity index (χ0n) is 19.2. The summed E-state index contributed by atoms with van der Waals surface area (Å²) in [5.74, 6) is -1.35. The third-order valence-corrected chi connectivity index (χ3v) is 10.4. The van der Waals surface area contributed by atoms with Crippen molar-refractivity contribution in [3.63, 3.8) is 0 Å². The van der Waals surface area contributed by atoms with Gasteiger partial charge >= 0.3 is 21.7 Å². The van der Waals surface area contributed by atoms with Gasteiger partial charge in [0, 0.05) is 6.04 Å². The molecule has 0 aromatic heterocycles. The van der Waals surface area contributed by atoms with Crippen LogP contribution >= 0.6 is 0 Å². The molecule has 1 N–H and O–H groups in total. The molecule has 0 heterocycles. The third-order valence-electron chi connectivity index (χ3n) is 5.30. The fourth-order valence-corrected chi connectivity index (χ4v) is 7.47. The van der Waals surface area contributed by atoms with Crippen LogP contribution in [0.5, 0.6) is 0 Å². The van der Waals surface area contributed by atoms with Crippen molar-refractivity contribution in [1.82, 2.24) is 4.72 Å². The van der Waals surface area contributed by atoms with Gasteiger partial charge in [0.25, 0.3) is 0 Å². The molecule has 1 unspecified atom stereocenters. The van der Waals surface area contributed by atoms with Gasteiger partial charge in [-0.3, -0.25) is 0 Å². The predicted molar refractivity (Wildman–Crippen MR) is 122 cm³/mol. The lowest BCUT2D eigenvalue weighted by Crippen LogP contribution is -2.37. The van der Waals surface area contributed by atoms with Gasteiger partial charge in [-0.25, -0.2) is 34.4 Å². The lowest BCUT2D eigenvalue weighted by atomic mass is 10.1. The number of sulfonamides is 1. The Morgan fingerprint density at radius 3 is 1.77 bits per heavy atom. The van der Waals surface area contributed by atoms with Crippen molar-refractivity contribution in [2.24, 2.45) is 0 Å². The monoisotopic (exact) mass is 619 g/mol. The minimum atomic E-state index is -5.75. The van der Waals surface area contributed by atoms with Crippen molar-refractivity contribution in [2.45, 2.75) is 44.2 Å². The lowest BCUT2D eigenvalue weighted by Gasteiger charge is -2.17. The quantitative estimate of drug-likeness (QED) is 0.372. The van der Waals surface area contributed by atoms with Gasteiger partial charge in [0.05, 0.1) is 20.2 Å². The van der Waals surface area contributed by atoms with Crippen LogP contribution in [0.25, 0.3) is 0 Å². The minimum Gasteiger partial charge on any atom is -0.218 e. The smallest absolute Gasteiger partial charge is 0.218 e. The number of sulfone groups is 2. The average Bonchev–Trinajstić information content (AvgIpc) is 2.82. The first-order chi connectivity index (χ1) is 17.7. The minimum absolute atomic E-state index is 0.0526. The second-order valence-corrected chi connectivity index (χ2v) is 13.5. The highest BCUT2D eigenvalue weighted by Gasteiger charge is 2.46. The van der Waals surface area contributed by atoms with Crippen LogP contribution in [0, 0.1) is 5.82 Å². The SMILES string of the molecule is CC(NS(=O)(=O)C(F)(F)F)c1ccc(S(=O)(=O)c2ccc(C(F)(F)F)cc2S(=O)(=O)c2ccccc2F)cc1. The van der Waals surface area contributed by atoms with Gasteiger partial charge in [0.2, 0.25) is 19.7 Å². The van der Waals surface area contributed by atoms with E-state index in [0.29, 0.717) is 18.2 Å². The second kappa shape index (κ2) is 10.2. The summed E-state index contributed by atoms with van der Waals surface area (Å²) in [6.45, 7) is 1.03. The maximum atomic E-state index is 14.3. The summed E-state index contributed by atoms with van der Waals surface area (Å²) < 4.78 is 169. The van der Waals surface area contributed by atoms with Crippen LogP contribution in [0.15, 0.2) is 86.3 Å². The predicted octanol–water partition coefficient (Wildman–Crippen LogP) is 5.01. The number of hydrogen-bond donors (Lipinski definition) is 1. The van der Waals surface area contributed by atoms with E-state index in [1.54, 1.807) is 0 Å². The van der Waals surface area contributed by atoms with Crippen LogP contribution in [-0.2, 0) is 35.9 Å². The highest BCUT2D eigenvalue weighted by molar-refractivity contribution is 7.94. The van der Waals surface area contributed by atoms with E-state index in [1.165, 1.54) is 4.72 Å². The molecule has 17 heteroatoms. The van der Waals surface area contributed by atoms with E-state index in [4.69, 9.17) is 0 Å². The fraction of sp³-hybridized carbons (Fsp3) is 0.182. The number of nitrogens with one attached hydrogen (secondary N) is 1. The Bertz CT molecular complexity index is 1720. The molecular formula is C22H16F7NO6S3. The van der Waals surface area contributed by atoms with Crippen molar-refractivity contribution in [3.8, 4) is 0 Å². The van der Waals surface area contributed by atoms with E-state index in [-0.39, 0.29) is 11.6 Å². The molecule has 0 saturated heterocycles. The Morgan fingerprint density at radius 1 is 0.692 bits per heavy atom. The van der Waals surface area contributed by atoms with E-state index < -0.39 is 78.4 Å². The van der Waals surface area contributed by atoms with Crippen LogP contribution in [0.4, 0.5) is 30.7 Å². The maximum Gasteiger partial charge on any atom is 0.511 e. The summed E-state index contributed by atoms with van der Waals surface area (Å²) in [4.78, 5) is -4.26. The van der Waals surface area contributed by atoms with E-state index in [0.717, 1.165) is 49.4 Å². The first-order valence-electron chi connectivity index (χ1n) is 10.3. The zero-order chi connectivity index (χ0) is 29.6. The van der Waals surface area contributed by atoms with Gasteiger partial charge in [-0.15, -0.1) is 0 Å². The number of alkyl halides is 6. The van der Waals surface area contributed by atoms with E-state index in [2.05, 4.69) is 0 Å². The molecule has 3 aromatic carbocycles. The number of rotatable bonds is 7. The first kappa shape index (κ1) is 30.5. The van der Waals surface area contributed by atoms with Crippen molar-refractivity contribution < 1.29 is 56.0 Å². The van der Waals surface area contributed by atoms with Gasteiger partial charge < -0.3 is 0 Å². The third kappa shape index (κ3) is 6.10. The molecule has 1 atom stereocenters. The van der Waals surface area contributed by atoms with Gasteiger partial charge in [-0.05, 0) is 55.0 Å². The van der Waals surface area contributed by atoms with Crippen molar-refractivity contribution in [3.05, 3.63) is 83.7 Å². The molecule has 0 bridgehead atoms. The maximum absolute atomic E-state index is 14.3. The van der Waals surface area contributed by atoms with Gasteiger partial charge in [0.1, 0.15) is 10.7 Å². The summed E-state index contributed by atoms with van der Waals surface area (Å²) in [5, 5.41) is 0. The molecular weight excluding hydrogens is 603 g/mol. The van der Waals surface area contributed by atoms with Gasteiger partial charge in [0.15, 0.2) is 0 Å². The molecule has 39 heavy (non-hydrogen) atoms. The summed E-state index contributed by atoms with van der Waals surface area (Å²) in [5.41, 5.74) is -7.28. The van der Waals surface area contributed by atoms with Gasteiger partial charge in [-0.2, -0.15) is 26.3 Å². The highest BCUT2D eigenvalue weighted by Crippen LogP contribution is 2.37. The first-order valence-corrected chi connectivity index (χ1v) is 14.8. The van der Waals surface area contributed by atoms with E-state index >= 15 is 0 Å². The molecule has 0 radical (unpaired) electrons. The lowest BCUT2D eigenvalue weighted by molar-refractivity contribution is -0.137. The molecule has 3 rings (SSSR count). The summed E-state index contributed by atoms with van der Waals surface area (Å²) >= 11 is 0. The average molecular weight is 620 g/mol. The molecule has 3 aromatic rings. The molecule has 212 valence electrons. The Labute approximate surface area is 218 Å². The molecule has 0 saturated carbocycles. The highest BCUT2D eigenvalue weighted by atomic mass is 32.2. The topological polar surface area (TPSA) is 114 Å². The molecule has 0 aliphatic carbocycles. The van der Waals surface area contributed by atoms with Crippen molar-refractivity contribution in [2.75, 3.05) is 0 Å². The second-order valence-electron chi connectivity index (χ2n) is 7.95. The Hall–Kier alpha value is -3.02. The van der Waals surface area contributed by atoms with Crippen LogP contribution in [0.2, 0.25) is 0 Å². The number of halogens is 7. The summed E-state index contributed by atoms with van der Waals surface area (Å²) in [6, 6.07) is 6.32. The van der Waals surface area contributed by atoms with Crippen LogP contribution in [0.3, 0.4) is 0 Å². The van der Waals surface area contributed by atoms with Crippen molar-refractivity contribution >= 4 is 29.7 Å². The van der Waals surface area contributed by atoms with Crippen LogP contribution < -0.4 is 4.72 Å². The van der Waals surface area contributed by atoms with Crippen LogP contribution in [-0.4, -0.2) is 30.8 Å². The molecule has 0 amide bonds. The molecule has 7 nitrogen and oxygen atoms in total. The Morgan fingerprint density at radius 2 is 1.26 bits per heavy atom.